The molecule has 1 heterocycles. The summed E-state index contributed by atoms with van der Waals surface area (Å²) in [6, 6.07) is 6.60. The fourth-order valence-corrected chi connectivity index (χ4v) is 3.62. The summed E-state index contributed by atoms with van der Waals surface area (Å²) in [5.74, 6) is 0.809. The van der Waals surface area contributed by atoms with E-state index in [1.165, 1.54) is 6.07 Å². The molecule has 128 valence electrons. The Labute approximate surface area is 136 Å². The van der Waals surface area contributed by atoms with E-state index in [-0.39, 0.29) is 17.3 Å². The van der Waals surface area contributed by atoms with Gasteiger partial charge in [-0.05, 0) is 6.07 Å². The third kappa shape index (κ3) is 5.80. The Bertz CT molecular complexity index is 635. The third-order valence-corrected chi connectivity index (χ3v) is 5.39. The molecule has 0 aromatic heterocycles. The number of sulfone groups is 1. The number of rotatable bonds is 5. The summed E-state index contributed by atoms with van der Waals surface area (Å²) < 4.78 is 36.3. The molecule has 0 atom stereocenters. The minimum atomic E-state index is -2.84. The monoisotopic (exact) mass is 342 g/mol. The van der Waals surface area contributed by atoms with Gasteiger partial charge in [-0.1, -0.05) is 18.2 Å². The van der Waals surface area contributed by atoms with Gasteiger partial charge < -0.3 is 10.6 Å². The van der Waals surface area contributed by atoms with Gasteiger partial charge in [0.1, 0.15) is 5.82 Å². The normalized spacial score (nSPS) is 18.6. The first kappa shape index (κ1) is 17.7. The average molecular weight is 342 g/mol. The zero-order valence-electron chi connectivity index (χ0n) is 13.3. The summed E-state index contributed by atoms with van der Waals surface area (Å²) in [7, 11) is -1.18. The van der Waals surface area contributed by atoms with Crippen LogP contribution in [0.4, 0.5) is 4.39 Å². The number of aliphatic imine (C=N–C) groups is 1. The van der Waals surface area contributed by atoms with Crippen molar-refractivity contribution in [3.63, 3.8) is 0 Å². The van der Waals surface area contributed by atoms with Crippen LogP contribution in [-0.4, -0.2) is 64.0 Å². The van der Waals surface area contributed by atoms with Crippen molar-refractivity contribution in [3.05, 3.63) is 35.6 Å². The molecule has 1 aromatic rings. The molecular formula is C15H23FN4O2S. The molecule has 0 spiro atoms. The molecular weight excluding hydrogens is 319 g/mol. The lowest BCUT2D eigenvalue weighted by atomic mass is 10.2. The molecule has 0 radical (unpaired) electrons. The van der Waals surface area contributed by atoms with Crippen LogP contribution in [0, 0.1) is 5.82 Å². The average Bonchev–Trinajstić information content (AvgIpc) is 2.53. The van der Waals surface area contributed by atoms with Crippen LogP contribution in [0.15, 0.2) is 29.3 Å². The second-order valence-electron chi connectivity index (χ2n) is 5.44. The molecule has 1 aliphatic heterocycles. The van der Waals surface area contributed by atoms with Crippen molar-refractivity contribution in [2.24, 2.45) is 4.99 Å². The zero-order chi connectivity index (χ0) is 16.7. The Morgan fingerprint density at radius 2 is 1.96 bits per heavy atom. The predicted molar refractivity (Wildman–Crippen MR) is 89.7 cm³/mol. The van der Waals surface area contributed by atoms with E-state index in [0.717, 1.165) is 6.54 Å². The van der Waals surface area contributed by atoms with Gasteiger partial charge in [0.2, 0.25) is 0 Å². The molecule has 0 unspecified atom stereocenters. The van der Waals surface area contributed by atoms with E-state index in [1.54, 1.807) is 25.2 Å². The summed E-state index contributed by atoms with van der Waals surface area (Å²) in [4.78, 5) is 6.21. The summed E-state index contributed by atoms with van der Waals surface area (Å²) in [6.07, 6.45) is 0. The van der Waals surface area contributed by atoms with Crippen molar-refractivity contribution in [2.45, 2.75) is 6.54 Å². The van der Waals surface area contributed by atoms with Gasteiger partial charge in [0, 0.05) is 45.3 Å². The molecule has 1 saturated heterocycles. The Morgan fingerprint density at radius 3 is 2.61 bits per heavy atom. The number of hydrogen-bond donors (Lipinski definition) is 2. The summed E-state index contributed by atoms with van der Waals surface area (Å²) in [5, 5.41) is 6.21. The van der Waals surface area contributed by atoms with Crippen molar-refractivity contribution in [3.8, 4) is 0 Å². The predicted octanol–water partition coefficient (Wildman–Crippen LogP) is 0.221. The standard InChI is InChI=1S/C15H23FN4O2S/c1-17-15(19-12-13-4-2-3-5-14(13)16)18-6-7-20-8-10-23(21,22)11-9-20/h2-5H,6-12H2,1H3,(H2,17,18,19). The number of halogens is 1. The topological polar surface area (TPSA) is 73.8 Å². The highest BCUT2D eigenvalue weighted by molar-refractivity contribution is 7.91. The molecule has 0 saturated carbocycles. The number of nitrogens with one attached hydrogen (secondary N) is 2. The number of hydrogen-bond acceptors (Lipinski definition) is 4. The molecule has 1 aromatic carbocycles. The first-order valence-electron chi connectivity index (χ1n) is 7.61. The highest BCUT2D eigenvalue weighted by Crippen LogP contribution is 2.05. The van der Waals surface area contributed by atoms with Gasteiger partial charge in [-0.25, -0.2) is 12.8 Å². The van der Waals surface area contributed by atoms with Gasteiger partial charge in [-0.15, -0.1) is 0 Å². The van der Waals surface area contributed by atoms with Gasteiger partial charge in [0.25, 0.3) is 0 Å². The quantitative estimate of drug-likeness (QED) is 0.592. The summed E-state index contributed by atoms with van der Waals surface area (Å²) in [5.41, 5.74) is 0.580. The van der Waals surface area contributed by atoms with Crippen molar-refractivity contribution < 1.29 is 12.8 Å². The second-order valence-corrected chi connectivity index (χ2v) is 7.74. The molecule has 23 heavy (non-hydrogen) atoms. The number of guanidine groups is 1. The zero-order valence-corrected chi connectivity index (χ0v) is 14.1. The summed E-state index contributed by atoms with van der Waals surface area (Å²) in [6.45, 7) is 2.90. The van der Waals surface area contributed by atoms with Crippen LogP contribution in [0.3, 0.4) is 0 Å². The number of benzene rings is 1. The lowest BCUT2D eigenvalue weighted by Gasteiger charge is -2.26. The fraction of sp³-hybridized carbons (Fsp3) is 0.533. The van der Waals surface area contributed by atoms with Crippen molar-refractivity contribution in [1.82, 2.24) is 15.5 Å². The first-order chi connectivity index (χ1) is 11.0. The van der Waals surface area contributed by atoms with E-state index in [2.05, 4.69) is 20.5 Å². The van der Waals surface area contributed by atoms with Crippen LogP contribution in [0.5, 0.6) is 0 Å². The van der Waals surface area contributed by atoms with E-state index in [4.69, 9.17) is 0 Å². The van der Waals surface area contributed by atoms with Crippen LogP contribution < -0.4 is 10.6 Å². The van der Waals surface area contributed by atoms with Gasteiger partial charge in [0.15, 0.2) is 15.8 Å². The summed E-state index contributed by atoms with van der Waals surface area (Å²) >= 11 is 0. The van der Waals surface area contributed by atoms with Crippen molar-refractivity contribution in [1.29, 1.82) is 0 Å². The Hall–Kier alpha value is -1.67. The highest BCUT2D eigenvalue weighted by atomic mass is 32.2. The maximum absolute atomic E-state index is 13.5. The fourth-order valence-electron chi connectivity index (χ4n) is 2.35. The minimum absolute atomic E-state index is 0.229. The smallest absolute Gasteiger partial charge is 0.191 e. The molecule has 0 aliphatic carbocycles. The van der Waals surface area contributed by atoms with Crippen LogP contribution in [0.1, 0.15) is 5.56 Å². The van der Waals surface area contributed by atoms with Crippen LogP contribution in [0.25, 0.3) is 0 Å². The van der Waals surface area contributed by atoms with Gasteiger partial charge >= 0.3 is 0 Å². The third-order valence-electron chi connectivity index (χ3n) is 3.79. The molecule has 1 aliphatic rings. The Morgan fingerprint density at radius 1 is 1.26 bits per heavy atom. The molecule has 1 fully saturated rings. The Kier molecular flexibility index (Phi) is 6.35. The maximum Gasteiger partial charge on any atom is 0.191 e. The van der Waals surface area contributed by atoms with E-state index < -0.39 is 9.84 Å². The molecule has 2 N–H and O–H groups in total. The lowest BCUT2D eigenvalue weighted by molar-refractivity contribution is 0.299. The molecule has 0 bridgehead atoms. The van der Waals surface area contributed by atoms with E-state index in [0.29, 0.717) is 37.7 Å². The second kappa shape index (κ2) is 8.26. The van der Waals surface area contributed by atoms with Crippen molar-refractivity contribution >= 4 is 15.8 Å². The first-order valence-corrected chi connectivity index (χ1v) is 9.43. The van der Waals surface area contributed by atoms with Gasteiger partial charge in [-0.3, -0.25) is 9.89 Å². The minimum Gasteiger partial charge on any atom is -0.355 e. The molecule has 8 heteroatoms. The van der Waals surface area contributed by atoms with E-state index in [9.17, 15) is 12.8 Å². The highest BCUT2D eigenvalue weighted by Gasteiger charge is 2.20. The van der Waals surface area contributed by atoms with E-state index >= 15 is 0 Å². The maximum atomic E-state index is 13.5. The van der Waals surface area contributed by atoms with Crippen LogP contribution in [0.2, 0.25) is 0 Å². The number of nitrogens with zero attached hydrogens (tertiary/aromatic N) is 2. The van der Waals surface area contributed by atoms with Crippen LogP contribution >= 0.6 is 0 Å². The molecule has 6 nitrogen and oxygen atoms in total. The van der Waals surface area contributed by atoms with E-state index in [1.807, 2.05) is 0 Å². The lowest BCUT2D eigenvalue weighted by Crippen LogP contribution is -2.45. The van der Waals surface area contributed by atoms with Crippen molar-refractivity contribution in [2.75, 3.05) is 44.7 Å². The Balaban J connectivity index is 1.70. The van der Waals surface area contributed by atoms with Gasteiger partial charge in [0.05, 0.1) is 11.5 Å². The van der Waals surface area contributed by atoms with Crippen LogP contribution in [-0.2, 0) is 16.4 Å². The SMILES string of the molecule is CN=C(NCCN1CCS(=O)(=O)CC1)NCc1ccccc1F. The molecule has 0 amide bonds. The van der Waals surface area contributed by atoms with Gasteiger partial charge in [-0.2, -0.15) is 0 Å². The molecule has 2 rings (SSSR count). The largest absolute Gasteiger partial charge is 0.355 e.